The molecule has 3 atom stereocenters. The van der Waals surface area contributed by atoms with E-state index in [4.69, 9.17) is 9.47 Å². The molecule has 1 aromatic rings. The third-order valence-corrected chi connectivity index (χ3v) is 7.67. The Kier molecular flexibility index (Phi) is 5.96. The van der Waals surface area contributed by atoms with Gasteiger partial charge in [0.05, 0.1) is 20.5 Å². The van der Waals surface area contributed by atoms with Crippen molar-refractivity contribution in [3.8, 4) is 11.5 Å². The van der Waals surface area contributed by atoms with Crippen molar-refractivity contribution in [3.63, 3.8) is 0 Å². The molecule has 6 nitrogen and oxygen atoms in total. The zero-order valence-electron chi connectivity index (χ0n) is 16.2. The highest BCUT2D eigenvalue weighted by molar-refractivity contribution is 7.88. The number of methoxy groups -OCH3 is 2. The van der Waals surface area contributed by atoms with Crippen LogP contribution in [0.2, 0.25) is 0 Å². The molecule has 0 aliphatic carbocycles. The Hall–Kier alpha value is -1.02. The fourth-order valence-electron chi connectivity index (χ4n) is 5.26. The van der Waals surface area contributed by atoms with Gasteiger partial charge in [-0.2, -0.15) is 4.31 Å². The molecule has 0 N–H and O–H groups in total. The average Bonchev–Trinajstić information content (AvgIpc) is 2.63. The normalized spacial score (nSPS) is 28.3. The molecule has 0 bridgehead atoms. The number of piperidine rings is 2. The molecule has 2 saturated heterocycles. The third kappa shape index (κ3) is 3.55. The zero-order valence-corrected chi connectivity index (χ0v) is 17.8. The number of halogens is 1. The van der Waals surface area contributed by atoms with Crippen LogP contribution < -0.4 is 9.47 Å². The van der Waals surface area contributed by atoms with Gasteiger partial charge in [-0.15, -0.1) is 12.4 Å². The second-order valence-corrected chi connectivity index (χ2v) is 9.64. The summed E-state index contributed by atoms with van der Waals surface area (Å²) in [5.74, 6) is 2.22. The Morgan fingerprint density at radius 3 is 2.48 bits per heavy atom. The van der Waals surface area contributed by atoms with Crippen molar-refractivity contribution in [3.05, 3.63) is 23.3 Å². The van der Waals surface area contributed by atoms with Crippen LogP contribution in [0.1, 0.15) is 36.4 Å². The fourth-order valence-corrected chi connectivity index (χ4v) is 6.47. The van der Waals surface area contributed by atoms with E-state index in [9.17, 15) is 8.42 Å². The van der Waals surface area contributed by atoms with Crippen LogP contribution >= 0.6 is 12.4 Å². The van der Waals surface area contributed by atoms with Crippen LogP contribution in [-0.2, 0) is 16.4 Å². The van der Waals surface area contributed by atoms with Crippen LogP contribution in [0.25, 0.3) is 0 Å². The van der Waals surface area contributed by atoms with Crippen molar-refractivity contribution in [2.24, 2.45) is 5.92 Å². The monoisotopic (exact) mass is 416 g/mol. The minimum absolute atomic E-state index is 0. The number of benzene rings is 1. The minimum atomic E-state index is -3.18. The summed E-state index contributed by atoms with van der Waals surface area (Å²) in [6, 6.07) is 4.22. The van der Waals surface area contributed by atoms with E-state index in [1.807, 2.05) is 12.1 Å². The lowest BCUT2D eigenvalue weighted by Gasteiger charge is -2.51. The summed E-state index contributed by atoms with van der Waals surface area (Å²) in [5, 5.41) is 0. The molecule has 3 heterocycles. The second-order valence-electron chi connectivity index (χ2n) is 7.70. The summed E-state index contributed by atoms with van der Waals surface area (Å²) in [4.78, 5) is 2.53. The summed E-state index contributed by atoms with van der Waals surface area (Å²) in [5.41, 5.74) is 2.41. The summed E-state index contributed by atoms with van der Waals surface area (Å²) in [7, 11) is 0.230. The van der Waals surface area contributed by atoms with Crippen molar-refractivity contribution < 1.29 is 17.9 Å². The molecule has 0 aromatic heterocycles. The Balaban J connectivity index is 0.00000210. The lowest BCUT2D eigenvalue weighted by atomic mass is 9.77. The number of fused-ring (bicyclic) bond motifs is 4. The lowest BCUT2D eigenvalue weighted by Crippen LogP contribution is -2.57. The van der Waals surface area contributed by atoms with E-state index in [-0.39, 0.29) is 24.5 Å². The van der Waals surface area contributed by atoms with E-state index in [0.29, 0.717) is 12.5 Å². The fraction of sp³-hybridized carbons (Fsp3) is 0.684. The first-order chi connectivity index (χ1) is 12.4. The van der Waals surface area contributed by atoms with Gasteiger partial charge in [0.1, 0.15) is 11.5 Å². The lowest BCUT2D eigenvalue weighted by molar-refractivity contribution is 0.0210. The van der Waals surface area contributed by atoms with E-state index in [0.717, 1.165) is 50.3 Å². The maximum absolute atomic E-state index is 12.3. The van der Waals surface area contributed by atoms with Crippen molar-refractivity contribution in [1.82, 2.24) is 9.21 Å². The van der Waals surface area contributed by atoms with Crippen LogP contribution in [0, 0.1) is 5.92 Å². The highest BCUT2D eigenvalue weighted by atomic mass is 35.5. The van der Waals surface area contributed by atoms with Gasteiger partial charge in [-0.05, 0) is 43.7 Å². The molecule has 0 amide bonds. The van der Waals surface area contributed by atoms with Gasteiger partial charge in [-0.25, -0.2) is 8.42 Å². The highest BCUT2D eigenvalue weighted by Crippen LogP contribution is 2.48. The first kappa shape index (κ1) is 20.7. The molecule has 0 radical (unpaired) electrons. The number of nitrogens with zero attached hydrogens (tertiary/aromatic N) is 2. The number of rotatable bonds is 3. The number of hydrogen-bond donors (Lipinski definition) is 0. The van der Waals surface area contributed by atoms with Gasteiger partial charge >= 0.3 is 0 Å². The third-order valence-electron chi connectivity index (χ3n) is 6.36. The molecule has 3 aliphatic rings. The van der Waals surface area contributed by atoms with Gasteiger partial charge in [0, 0.05) is 42.8 Å². The standard InChI is InChI=1S/C19H28N2O4S.ClH/c1-24-17-6-7-18(25-2)19-14(17)8-10-20-12-13-5-4-9-21(26(3,22)23)15(13)11-16(19)20;/h6-7,13,15-16H,4-5,8-12H2,1-3H3;1H/t13-,15+,16-;/m1./s1. The first-order valence-corrected chi connectivity index (χ1v) is 11.2. The molecule has 3 aliphatic heterocycles. The number of ether oxygens (including phenoxy) is 2. The molecule has 1 aromatic carbocycles. The average molecular weight is 417 g/mol. The van der Waals surface area contributed by atoms with Crippen LogP contribution in [0.4, 0.5) is 0 Å². The van der Waals surface area contributed by atoms with Gasteiger partial charge < -0.3 is 9.47 Å². The Morgan fingerprint density at radius 1 is 1.11 bits per heavy atom. The van der Waals surface area contributed by atoms with Crippen LogP contribution in [-0.4, -0.2) is 63.8 Å². The predicted octanol–water partition coefficient (Wildman–Crippen LogP) is 2.47. The van der Waals surface area contributed by atoms with E-state index < -0.39 is 10.0 Å². The van der Waals surface area contributed by atoms with Crippen LogP contribution in [0.3, 0.4) is 0 Å². The van der Waals surface area contributed by atoms with Gasteiger partial charge in [-0.3, -0.25) is 4.90 Å². The Bertz CT molecular complexity index is 801. The molecule has 8 heteroatoms. The summed E-state index contributed by atoms with van der Waals surface area (Å²) in [6.07, 6.45) is 5.19. The number of hydrogen-bond acceptors (Lipinski definition) is 5. The van der Waals surface area contributed by atoms with Gasteiger partial charge in [-0.1, -0.05) is 0 Å². The summed E-state index contributed by atoms with van der Waals surface area (Å²) in [6.45, 7) is 2.60. The maximum atomic E-state index is 12.3. The summed E-state index contributed by atoms with van der Waals surface area (Å²) >= 11 is 0. The molecule has 27 heavy (non-hydrogen) atoms. The largest absolute Gasteiger partial charge is 0.496 e. The molecular weight excluding hydrogens is 388 g/mol. The SMILES string of the molecule is COc1ccc(OC)c2c1CCN1C[C@H]3CCCN(S(C)(=O)=O)[C@H]3C[C@H]21.Cl. The Morgan fingerprint density at radius 2 is 1.81 bits per heavy atom. The van der Waals surface area contributed by atoms with Crippen molar-refractivity contribution in [2.45, 2.75) is 37.8 Å². The quantitative estimate of drug-likeness (QED) is 0.757. The van der Waals surface area contributed by atoms with Gasteiger partial charge in [0.15, 0.2) is 0 Å². The molecule has 4 rings (SSSR count). The summed E-state index contributed by atoms with van der Waals surface area (Å²) < 4.78 is 37.7. The van der Waals surface area contributed by atoms with Gasteiger partial charge in [0.2, 0.25) is 10.0 Å². The van der Waals surface area contributed by atoms with Crippen molar-refractivity contribution in [2.75, 3.05) is 40.1 Å². The van der Waals surface area contributed by atoms with Crippen molar-refractivity contribution in [1.29, 1.82) is 0 Å². The molecule has 0 saturated carbocycles. The molecule has 152 valence electrons. The number of sulfonamides is 1. The molecule has 0 unspecified atom stereocenters. The molecule has 2 fully saturated rings. The predicted molar refractivity (Wildman–Crippen MR) is 107 cm³/mol. The minimum Gasteiger partial charge on any atom is -0.496 e. The van der Waals surface area contributed by atoms with Crippen LogP contribution in [0.15, 0.2) is 12.1 Å². The smallest absolute Gasteiger partial charge is 0.211 e. The first-order valence-electron chi connectivity index (χ1n) is 9.38. The van der Waals surface area contributed by atoms with E-state index >= 15 is 0 Å². The topological polar surface area (TPSA) is 59.1 Å². The van der Waals surface area contributed by atoms with Gasteiger partial charge in [0.25, 0.3) is 0 Å². The maximum Gasteiger partial charge on any atom is 0.211 e. The second kappa shape index (κ2) is 7.78. The Labute approximate surface area is 168 Å². The van der Waals surface area contributed by atoms with E-state index in [1.165, 1.54) is 17.4 Å². The van der Waals surface area contributed by atoms with E-state index in [1.54, 1.807) is 18.5 Å². The van der Waals surface area contributed by atoms with Crippen molar-refractivity contribution >= 4 is 22.4 Å². The van der Waals surface area contributed by atoms with Crippen LogP contribution in [0.5, 0.6) is 11.5 Å². The zero-order chi connectivity index (χ0) is 18.5. The van der Waals surface area contributed by atoms with E-state index in [2.05, 4.69) is 4.90 Å². The molecular formula is C19H29ClN2O4S. The molecule has 0 spiro atoms. The highest BCUT2D eigenvalue weighted by Gasteiger charge is 2.46.